The van der Waals surface area contributed by atoms with E-state index in [0.29, 0.717) is 5.69 Å². The van der Waals surface area contributed by atoms with E-state index in [2.05, 4.69) is 10.0 Å². The molecule has 1 saturated heterocycles. The van der Waals surface area contributed by atoms with E-state index in [4.69, 9.17) is 17.1 Å². The molecule has 0 spiro atoms. The lowest BCUT2D eigenvalue weighted by Gasteiger charge is -2.41. The average Bonchev–Trinajstić information content (AvgIpc) is 2.28. The van der Waals surface area contributed by atoms with Gasteiger partial charge >= 0.3 is 0 Å². The number of azide groups is 1. The summed E-state index contributed by atoms with van der Waals surface area (Å²) in [6, 6.07) is 8.25. The summed E-state index contributed by atoms with van der Waals surface area (Å²) in [6.45, 7) is 0. The van der Waals surface area contributed by atoms with Gasteiger partial charge in [0.25, 0.3) is 0 Å². The number of hydrogen-bond donors (Lipinski definition) is 0. The fourth-order valence-corrected chi connectivity index (χ4v) is 1.83. The van der Waals surface area contributed by atoms with Crippen molar-refractivity contribution >= 4 is 23.2 Å². The molecule has 0 aromatic heterocycles. The Kier molecular flexibility index (Phi) is 2.49. The third kappa shape index (κ3) is 1.52. The molecule has 1 aliphatic heterocycles. The number of benzene rings is 1. The van der Waals surface area contributed by atoms with Crippen LogP contribution in [0.5, 0.6) is 0 Å². The number of β-lactam (4-membered cyclic amide) rings is 1. The molecule has 76 valence electrons. The van der Waals surface area contributed by atoms with Crippen molar-refractivity contribution in [3.05, 3.63) is 40.8 Å². The fourth-order valence-electron chi connectivity index (χ4n) is 1.46. The molecule has 2 atom stereocenters. The zero-order valence-corrected chi connectivity index (χ0v) is 8.37. The van der Waals surface area contributed by atoms with Gasteiger partial charge < -0.3 is 0 Å². The summed E-state index contributed by atoms with van der Waals surface area (Å²) in [5.41, 5.74) is 8.35. The summed E-state index contributed by atoms with van der Waals surface area (Å²) >= 11 is 5.93. The molecule has 0 aliphatic carbocycles. The van der Waals surface area contributed by atoms with Gasteiger partial charge in [0, 0.05) is 10.6 Å². The predicted octanol–water partition coefficient (Wildman–Crippen LogP) is 2.28. The Hall–Kier alpha value is -1.71. The highest BCUT2D eigenvalue weighted by molar-refractivity contribution is 6.31. The van der Waals surface area contributed by atoms with E-state index in [1.54, 1.807) is 12.1 Å². The Balaban J connectivity index is 2.22. The highest BCUT2D eigenvalue weighted by Gasteiger charge is 2.46. The van der Waals surface area contributed by atoms with Crippen LogP contribution in [-0.2, 0) is 4.79 Å². The molecule has 6 heteroatoms. The van der Waals surface area contributed by atoms with E-state index < -0.39 is 11.5 Å². The van der Waals surface area contributed by atoms with Crippen molar-refractivity contribution in [2.24, 2.45) is 5.11 Å². The smallest absolute Gasteiger partial charge is 0.240 e. The van der Waals surface area contributed by atoms with Crippen LogP contribution in [0.3, 0.4) is 0 Å². The lowest BCUT2D eigenvalue weighted by atomic mass is 10.1. The van der Waals surface area contributed by atoms with Gasteiger partial charge in [-0.25, -0.2) is 0 Å². The number of nitrogens with zero attached hydrogens (tertiary/aromatic N) is 4. The van der Waals surface area contributed by atoms with Crippen molar-refractivity contribution in [1.29, 1.82) is 0 Å². The second kappa shape index (κ2) is 3.81. The summed E-state index contributed by atoms with van der Waals surface area (Å²) < 4.78 is 0. The minimum Gasteiger partial charge on any atom is -0.294 e. The van der Waals surface area contributed by atoms with E-state index in [0.717, 1.165) is 0 Å². The number of alkyl halides is 1. The first kappa shape index (κ1) is 9.83. The maximum atomic E-state index is 11.5. The standard InChI is InChI=1S/C9H7ClN4O/c10-8-7(12-13-11)9(15)14(8)6-4-2-1-3-5-6/h1-5,7-8H/t7-,8-/m1/s1. The van der Waals surface area contributed by atoms with Gasteiger partial charge in [-0.1, -0.05) is 34.9 Å². The molecule has 1 aromatic rings. The molecule has 0 radical (unpaired) electrons. The SMILES string of the molecule is [N-]=[N+]=N[C@H]1C(=O)N(c2ccccc2)[C@H]1Cl. The number of halogens is 1. The van der Waals surface area contributed by atoms with Gasteiger partial charge in [-0.15, -0.1) is 0 Å². The molecule has 2 rings (SSSR count). The van der Waals surface area contributed by atoms with Crippen molar-refractivity contribution in [2.45, 2.75) is 11.5 Å². The molecule has 1 amide bonds. The first-order valence-electron chi connectivity index (χ1n) is 4.32. The number of carbonyl (C=O) groups excluding carboxylic acids is 1. The molecule has 0 N–H and O–H groups in total. The van der Waals surface area contributed by atoms with Gasteiger partial charge in [0.1, 0.15) is 5.50 Å². The Labute approximate surface area is 90.9 Å². The Morgan fingerprint density at radius 2 is 2.07 bits per heavy atom. The summed E-state index contributed by atoms with van der Waals surface area (Å²) in [5.74, 6) is -0.265. The van der Waals surface area contributed by atoms with Gasteiger partial charge in [0.15, 0.2) is 6.04 Å². The summed E-state index contributed by atoms with van der Waals surface area (Å²) in [4.78, 5) is 15.5. The van der Waals surface area contributed by atoms with Crippen LogP contribution in [0.2, 0.25) is 0 Å². The maximum Gasteiger partial charge on any atom is 0.240 e. The van der Waals surface area contributed by atoms with Gasteiger partial charge in [0.05, 0.1) is 0 Å². The molecule has 1 heterocycles. The van der Waals surface area contributed by atoms with E-state index in [-0.39, 0.29) is 5.91 Å². The van der Waals surface area contributed by atoms with Crippen LogP contribution in [0.15, 0.2) is 35.4 Å². The van der Waals surface area contributed by atoms with Crippen LogP contribution in [-0.4, -0.2) is 17.5 Å². The van der Waals surface area contributed by atoms with E-state index in [1.807, 2.05) is 18.2 Å². The van der Waals surface area contributed by atoms with Crippen LogP contribution in [0.4, 0.5) is 5.69 Å². The quantitative estimate of drug-likeness (QED) is 0.189. The number of para-hydroxylation sites is 1. The number of amides is 1. The van der Waals surface area contributed by atoms with Gasteiger partial charge in [0.2, 0.25) is 5.91 Å². The Morgan fingerprint density at radius 1 is 1.40 bits per heavy atom. The lowest BCUT2D eigenvalue weighted by Crippen LogP contribution is -2.61. The molecule has 15 heavy (non-hydrogen) atoms. The van der Waals surface area contributed by atoms with Gasteiger partial charge in [-0.3, -0.25) is 9.69 Å². The molecule has 1 fully saturated rings. The molecule has 0 bridgehead atoms. The van der Waals surface area contributed by atoms with Crippen molar-refractivity contribution in [1.82, 2.24) is 0 Å². The lowest BCUT2D eigenvalue weighted by molar-refractivity contribution is -0.124. The molecule has 1 aliphatic rings. The summed E-state index contributed by atoms with van der Waals surface area (Å²) in [7, 11) is 0. The zero-order chi connectivity index (χ0) is 10.8. The highest BCUT2D eigenvalue weighted by Crippen LogP contribution is 2.32. The average molecular weight is 223 g/mol. The number of anilines is 1. The Bertz CT molecular complexity index is 429. The van der Waals surface area contributed by atoms with E-state index >= 15 is 0 Å². The number of carbonyl (C=O) groups is 1. The zero-order valence-electron chi connectivity index (χ0n) is 7.62. The summed E-state index contributed by atoms with van der Waals surface area (Å²) in [6.07, 6.45) is 0. The van der Waals surface area contributed by atoms with E-state index in [9.17, 15) is 4.79 Å². The molecular formula is C9H7ClN4O. The van der Waals surface area contributed by atoms with E-state index in [1.165, 1.54) is 4.90 Å². The second-order valence-corrected chi connectivity index (χ2v) is 3.51. The third-order valence-corrected chi connectivity index (χ3v) is 2.64. The van der Waals surface area contributed by atoms with Crippen LogP contribution in [0, 0.1) is 0 Å². The second-order valence-electron chi connectivity index (χ2n) is 3.07. The van der Waals surface area contributed by atoms with Crippen LogP contribution >= 0.6 is 11.6 Å². The molecule has 1 aromatic carbocycles. The van der Waals surface area contributed by atoms with Crippen LogP contribution < -0.4 is 4.90 Å². The minimum absolute atomic E-state index is 0.265. The fraction of sp³-hybridized carbons (Fsp3) is 0.222. The van der Waals surface area contributed by atoms with Crippen molar-refractivity contribution < 1.29 is 4.79 Å². The normalized spacial score (nSPS) is 24.3. The predicted molar refractivity (Wildman–Crippen MR) is 56.5 cm³/mol. The number of rotatable bonds is 2. The maximum absolute atomic E-state index is 11.5. The largest absolute Gasteiger partial charge is 0.294 e. The first-order valence-corrected chi connectivity index (χ1v) is 4.76. The highest BCUT2D eigenvalue weighted by atomic mass is 35.5. The molecular weight excluding hydrogens is 216 g/mol. The molecule has 0 unspecified atom stereocenters. The Morgan fingerprint density at radius 3 is 2.60 bits per heavy atom. The van der Waals surface area contributed by atoms with Crippen molar-refractivity contribution in [3.63, 3.8) is 0 Å². The molecule has 5 nitrogen and oxygen atoms in total. The topological polar surface area (TPSA) is 69.1 Å². The third-order valence-electron chi connectivity index (χ3n) is 2.21. The monoisotopic (exact) mass is 222 g/mol. The van der Waals surface area contributed by atoms with Crippen LogP contribution in [0.25, 0.3) is 10.4 Å². The van der Waals surface area contributed by atoms with Gasteiger partial charge in [-0.2, -0.15) is 0 Å². The van der Waals surface area contributed by atoms with Crippen LogP contribution in [0.1, 0.15) is 0 Å². The summed E-state index contributed by atoms with van der Waals surface area (Å²) in [5, 5.41) is 3.33. The van der Waals surface area contributed by atoms with Gasteiger partial charge in [-0.05, 0) is 17.7 Å². The minimum atomic E-state index is -0.781. The van der Waals surface area contributed by atoms with Crippen molar-refractivity contribution in [3.8, 4) is 0 Å². The van der Waals surface area contributed by atoms with Crippen molar-refractivity contribution in [2.75, 3.05) is 4.90 Å². The number of hydrogen-bond acceptors (Lipinski definition) is 2. The molecule has 0 saturated carbocycles. The first-order chi connectivity index (χ1) is 7.25.